The maximum atomic E-state index is 11.9. The topological polar surface area (TPSA) is 121 Å². The highest BCUT2D eigenvalue weighted by Gasteiger charge is 2.35. The minimum atomic E-state index is -1.07. The summed E-state index contributed by atoms with van der Waals surface area (Å²) in [5.41, 5.74) is 6.18. The molecular weight excluding hydrogens is 294 g/mol. The number of nitrogens with zero attached hydrogens (tertiary/aromatic N) is 4. The summed E-state index contributed by atoms with van der Waals surface area (Å²) in [4.78, 5) is 22.8. The first kappa shape index (κ1) is 14.7. The van der Waals surface area contributed by atoms with E-state index in [0.29, 0.717) is 11.4 Å². The molecule has 1 aliphatic rings. The standard InChI is InChI=1S/C12H11N5O3S/c1-6-9(10(18)17(16-6)12(13)21)15-14-8-4-2-3-7(5-8)11(19)20/h2-5,9H,1H3,(H2,13,21)(H,19,20)/t9-/m1/s1. The number of carboxylic acid groups (broad SMARTS) is 1. The molecule has 1 amide bonds. The fourth-order valence-electron chi connectivity index (χ4n) is 1.67. The number of rotatable bonds is 3. The summed E-state index contributed by atoms with van der Waals surface area (Å²) in [6.45, 7) is 1.60. The van der Waals surface area contributed by atoms with Gasteiger partial charge in [0.15, 0.2) is 11.2 Å². The van der Waals surface area contributed by atoms with Crippen LogP contribution in [0.2, 0.25) is 0 Å². The molecular formula is C12H11N5O3S. The highest BCUT2D eigenvalue weighted by molar-refractivity contribution is 7.80. The number of amides is 1. The van der Waals surface area contributed by atoms with E-state index in [0.717, 1.165) is 5.01 Å². The monoisotopic (exact) mass is 305 g/mol. The summed E-state index contributed by atoms with van der Waals surface area (Å²) < 4.78 is 0. The largest absolute Gasteiger partial charge is 0.478 e. The van der Waals surface area contributed by atoms with Crippen molar-refractivity contribution in [3.05, 3.63) is 29.8 Å². The number of aromatic carboxylic acids is 1. The molecule has 0 saturated carbocycles. The number of carbonyl (C=O) groups excluding carboxylic acids is 1. The van der Waals surface area contributed by atoms with Crippen molar-refractivity contribution in [1.29, 1.82) is 0 Å². The van der Waals surface area contributed by atoms with Crippen LogP contribution in [0.1, 0.15) is 17.3 Å². The number of hydrogen-bond acceptors (Lipinski definition) is 6. The van der Waals surface area contributed by atoms with Gasteiger partial charge in [0.2, 0.25) is 0 Å². The molecule has 0 aliphatic carbocycles. The third kappa shape index (κ3) is 3.08. The van der Waals surface area contributed by atoms with Gasteiger partial charge < -0.3 is 10.8 Å². The zero-order valence-electron chi connectivity index (χ0n) is 10.9. The first-order valence-corrected chi connectivity index (χ1v) is 6.23. The lowest BCUT2D eigenvalue weighted by atomic mass is 10.2. The lowest BCUT2D eigenvalue weighted by Gasteiger charge is -2.08. The van der Waals surface area contributed by atoms with Crippen LogP contribution in [0, 0.1) is 0 Å². The third-order valence-corrected chi connectivity index (χ3v) is 2.86. The van der Waals surface area contributed by atoms with E-state index in [1.54, 1.807) is 13.0 Å². The number of thiocarbonyl (C=S) groups is 1. The summed E-state index contributed by atoms with van der Waals surface area (Å²) in [6.07, 6.45) is 0. The van der Waals surface area contributed by atoms with Crippen molar-refractivity contribution in [2.24, 2.45) is 21.1 Å². The Hall–Kier alpha value is -2.68. The Kier molecular flexibility index (Phi) is 4.03. The Labute approximate surface area is 125 Å². The second-order valence-corrected chi connectivity index (χ2v) is 4.62. The Morgan fingerprint density at radius 3 is 2.81 bits per heavy atom. The van der Waals surface area contributed by atoms with Crippen LogP contribution in [0.15, 0.2) is 39.6 Å². The van der Waals surface area contributed by atoms with Gasteiger partial charge in [0.1, 0.15) is 0 Å². The number of hydrogen-bond donors (Lipinski definition) is 2. The highest BCUT2D eigenvalue weighted by Crippen LogP contribution is 2.18. The van der Waals surface area contributed by atoms with E-state index in [4.69, 9.17) is 23.1 Å². The summed E-state index contributed by atoms with van der Waals surface area (Å²) in [7, 11) is 0. The highest BCUT2D eigenvalue weighted by atomic mass is 32.1. The van der Waals surface area contributed by atoms with Crippen LogP contribution in [-0.2, 0) is 4.79 Å². The van der Waals surface area contributed by atoms with Gasteiger partial charge in [-0.25, -0.2) is 4.79 Å². The van der Waals surface area contributed by atoms with Crippen molar-refractivity contribution < 1.29 is 14.7 Å². The first-order valence-electron chi connectivity index (χ1n) is 5.83. The van der Waals surface area contributed by atoms with E-state index in [-0.39, 0.29) is 10.7 Å². The molecule has 0 radical (unpaired) electrons. The van der Waals surface area contributed by atoms with E-state index in [1.165, 1.54) is 18.2 Å². The van der Waals surface area contributed by atoms with Crippen LogP contribution in [0.3, 0.4) is 0 Å². The Bertz CT molecular complexity index is 685. The molecule has 2 rings (SSSR count). The fraction of sp³-hybridized carbons (Fsp3) is 0.167. The Morgan fingerprint density at radius 2 is 2.24 bits per heavy atom. The van der Waals surface area contributed by atoms with Crippen LogP contribution in [0.25, 0.3) is 0 Å². The molecule has 1 heterocycles. The van der Waals surface area contributed by atoms with Gasteiger partial charge in [0.25, 0.3) is 5.91 Å². The molecule has 1 atom stereocenters. The van der Waals surface area contributed by atoms with Crippen molar-refractivity contribution in [2.45, 2.75) is 13.0 Å². The second-order valence-electron chi connectivity index (χ2n) is 4.20. The number of hydrazone groups is 1. The van der Waals surface area contributed by atoms with Crippen LogP contribution in [0.5, 0.6) is 0 Å². The molecule has 1 aromatic rings. The molecule has 0 spiro atoms. The maximum absolute atomic E-state index is 11.9. The van der Waals surface area contributed by atoms with Gasteiger partial charge in [0.05, 0.1) is 17.0 Å². The SMILES string of the molecule is CC1=NN(C(N)=S)C(=O)[C@@H]1N=Nc1cccc(C(=O)O)c1. The van der Waals surface area contributed by atoms with Gasteiger partial charge in [-0.2, -0.15) is 20.3 Å². The number of azo groups is 1. The molecule has 21 heavy (non-hydrogen) atoms. The molecule has 9 heteroatoms. The smallest absolute Gasteiger partial charge is 0.335 e. The minimum absolute atomic E-state index is 0.0827. The van der Waals surface area contributed by atoms with E-state index in [2.05, 4.69) is 15.3 Å². The fourth-order valence-corrected chi connectivity index (χ4v) is 1.80. The summed E-state index contributed by atoms with van der Waals surface area (Å²) in [5.74, 6) is -1.56. The zero-order valence-corrected chi connectivity index (χ0v) is 11.7. The molecule has 0 unspecified atom stereocenters. The number of carbonyl (C=O) groups is 2. The lowest BCUT2D eigenvalue weighted by molar-refractivity contribution is -0.126. The molecule has 8 nitrogen and oxygen atoms in total. The molecule has 3 N–H and O–H groups in total. The van der Waals surface area contributed by atoms with Crippen LogP contribution >= 0.6 is 12.2 Å². The van der Waals surface area contributed by atoms with Crippen molar-refractivity contribution in [1.82, 2.24) is 5.01 Å². The predicted molar refractivity (Wildman–Crippen MR) is 78.4 cm³/mol. The second kappa shape index (κ2) is 5.75. The lowest BCUT2D eigenvalue weighted by Crippen LogP contribution is -2.37. The normalized spacial score (nSPS) is 18.1. The van der Waals surface area contributed by atoms with E-state index < -0.39 is 17.9 Å². The first-order chi connectivity index (χ1) is 9.90. The van der Waals surface area contributed by atoms with Crippen molar-refractivity contribution in [3.63, 3.8) is 0 Å². The average Bonchev–Trinajstić information content (AvgIpc) is 2.72. The molecule has 1 aliphatic heterocycles. The molecule has 0 fully saturated rings. The molecule has 0 aromatic heterocycles. The van der Waals surface area contributed by atoms with Gasteiger partial charge in [0, 0.05) is 0 Å². The Balaban J connectivity index is 2.20. The molecule has 0 saturated heterocycles. The van der Waals surface area contributed by atoms with Crippen molar-refractivity contribution in [3.8, 4) is 0 Å². The molecule has 1 aromatic carbocycles. The van der Waals surface area contributed by atoms with Gasteiger partial charge in [-0.3, -0.25) is 4.79 Å². The van der Waals surface area contributed by atoms with Crippen LogP contribution in [0.4, 0.5) is 5.69 Å². The van der Waals surface area contributed by atoms with Gasteiger partial charge in [-0.1, -0.05) is 6.07 Å². The summed E-state index contributed by atoms with van der Waals surface area (Å²) >= 11 is 4.70. The predicted octanol–water partition coefficient (Wildman–Crippen LogP) is 1.30. The van der Waals surface area contributed by atoms with Gasteiger partial charge in [-0.05, 0) is 37.3 Å². The average molecular weight is 305 g/mol. The minimum Gasteiger partial charge on any atom is -0.478 e. The van der Waals surface area contributed by atoms with Crippen molar-refractivity contribution >= 4 is 40.6 Å². The summed E-state index contributed by atoms with van der Waals surface area (Å²) in [6, 6.07) is 5.00. The number of carboxylic acids is 1. The van der Waals surface area contributed by atoms with E-state index in [9.17, 15) is 9.59 Å². The van der Waals surface area contributed by atoms with Crippen LogP contribution in [-0.4, -0.2) is 38.9 Å². The molecule has 108 valence electrons. The quantitative estimate of drug-likeness (QED) is 0.644. The molecule has 0 bridgehead atoms. The number of benzene rings is 1. The zero-order chi connectivity index (χ0) is 15.6. The van der Waals surface area contributed by atoms with E-state index in [1.807, 2.05) is 0 Å². The number of nitrogens with two attached hydrogens (primary N) is 1. The van der Waals surface area contributed by atoms with Crippen molar-refractivity contribution in [2.75, 3.05) is 0 Å². The van der Waals surface area contributed by atoms with Crippen LogP contribution < -0.4 is 5.73 Å². The third-order valence-electron chi connectivity index (χ3n) is 2.69. The summed E-state index contributed by atoms with van der Waals surface area (Å²) in [5, 5.41) is 21.3. The van der Waals surface area contributed by atoms with E-state index >= 15 is 0 Å². The van der Waals surface area contributed by atoms with Gasteiger partial charge >= 0.3 is 5.97 Å². The maximum Gasteiger partial charge on any atom is 0.335 e. The Morgan fingerprint density at radius 1 is 1.52 bits per heavy atom. The van der Waals surface area contributed by atoms with Gasteiger partial charge in [-0.15, -0.1) is 0 Å².